The van der Waals surface area contributed by atoms with Crippen LogP contribution in [0.25, 0.3) is 0 Å². The first kappa shape index (κ1) is 16.8. The predicted octanol–water partition coefficient (Wildman–Crippen LogP) is 3.70. The highest BCUT2D eigenvalue weighted by Crippen LogP contribution is 2.29. The van der Waals surface area contributed by atoms with Gasteiger partial charge in [0.15, 0.2) is 0 Å². The quantitative estimate of drug-likeness (QED) is 0.894. The Hall–Kier alpha value is -2.60. The molecule has 0 aliphatic rings. The molecule has 0 saturated heterocycles. The molecule has 2 amide bonds. The third-order valence-electron chi connectivity index (χ3n) is 2.94. The lowest BCUT2D eigenvalue weighted by molar-refractivity contribution is -0.114. The molecule has 0 aliphatic heterocycles. The van der Waals surface area contributed by atoms with E-state index in [4.69, 9.17) is 16.3 Å². The number of rotatable bonds is 4. The van der Waals surface area contributed by atoms with E-state index >= 15 is 0 Å². The van der Waals surface area contributed by atoms with Crippen molar-refractivity contribution in [2.24, 2.45) is 0 Å². The van der Waals surface area contributed by atoms with E-state index in [0.29, 0.717) is 17.1 Å². The highest BCUT2D eigenvalue weighted by atomic mass is 35.5. The molecule has 2 aromatic carbocycles. The zero-order valence-electron chi connectivity index (χ0n) is 12.4. The van der Waals surface area contributed by atoms with Crippen LogP contribution in [0.5, 0.6) is 5.75 Å². The van der Waals surface area contributed by atoms with Gasteiger partial charge in [-0.3, -0.25) is 9.59 Å². The van der Waals surface area contributed by atoms with Crippen LogP contribution in [0.15, 0.2) is 36.4 Å². The fourth-order valence-corrected chi connectivity index (χ4v) is 2.20. The van der Waals surface area contributed by atoms with Crippen LogP contribution in [0.1, 0.15) is 17.3 Å². The maximum Gasteiger partial charge on any atom is 0.257 e. The first-order valence-electron chi connectivity index (χ1n) is 6.62. The van der Waals surface area contributed by atoms with Crippen LogP contribution in [0, 0.1) is 5.82 Å². The smallest absolute Gasteiger partial charge is 0.257 e. The van der Waals surface area contributed by atoms with Gasteiger partial charge in [0, 0.05) is 12.6 Å². The van der Waals surface area contributed by atoms with E-state index in [2.05, 4.69) is 10.6 Å². The summed E-state index contributed by atoms with van der Waals surface area (Å²) in [6.45, 7) is 1.38. The Kier molecular flexibility index (Phi) is 5.18. The number of benzene rings is 2. The zero-order chi connectivity index (χ0) is 17.0. The molecular formula is C16H14ClFN2O3. The first-order valence-corrected chi connectivity index (χ1v) is 7.00. The lowest BCUT2D eigenvalue weighted by Gasteiger charge is -2.13. The van der Waals surface area contributed by atoms with E-state index in [1.54, 1.807) is 18.2 Å². The average molecular weight is 337 g/mol. The summed E-state index contributed by atoms with van der Waals surface area (Å²) in [5, 5.41) is 5.24. The van der Waals surface area contributed by atoms with Crippen LogP contribution < -0.4 is 15.4 Å². The largest absolute Gasteiger partial charge is 0.495 e. The molecule has 2 N–H and O–H groups in total. The normalized spacial score (nSPS) is 10.1. The molecule has 23 heavy (non-hydrogen) atoms. The minimum atomic E-state index is -0.531. The summed E-state index contributed by atoms with van der Waals surface area (Å²) in [5.74, 6) is -0.884. The van der Waals surface area contributed by atoms with Gasteiger partial charge in [-0.05, 0) is 36.4 Å². The maximum atomic E-state index is 13.1. The Morgan fingerprint density at radius 2 is 1.87 bits per heavy atom. The number of ether oxygens (including phenoxy) is 1. The Balaban J connectivity index is 2.30. The van der Waals surface area contributed by atoms with Crippen molar-refractivity contribution in [2.75, 3.05) is 17.7 Å². The molecule has 7 heteroatoms. The summed E-state index contributed by atoms with van der Waals surface area (Å²) in [6.07, 6.45) is 0. The molecule has 5 nitrogen and oxygen atoms in total. The Labute approximate surface area is 137 Å². The SMILES string of the molecule is COc1ccc(NC(C)=O)cc1NC(=O)c1ccc(F)cc1Cl. The van der Waals surface area contributed by atoms with Crippen LogP contribution in [-0.2, 0) is 4.79 Å². The van der Waals surface area contributed by atoms with Crippen LogP contribution in [0.2, 0.25) is 5.02 Å². The summed E-state index contributed by atoms with van der Waals surface area (Å²) in [5.41, 5.74) is 0.975. The Morgan fingerprint density at radius 1 is 1.13 bits per heavy atom. The topological polar surface area (TPSA) is 67.4 Å². The molecular weight excluding hydrogens is 323 g/mol. The second-order valence-electron chi connectivity index (χ2n) is 4.67. The highest BCUT2D eigenvalue weighted by molar-refractivity contribution is 6.34. The van der Waals surface area contributed by atoms with E-state index < -0.39 is 11.7 Å². The molecule has 0 unspecified atom stereocenters. The summed E-state index contributed by atoms with van der Waals surface area (Å²) >= 11 is 5.88. The molecule has 2 rings (SSSR count). The van der Waals surface area contributed by atoms with Gasteiger partial charge in [0.25, 0.3) is 5.91 Å². The van der Waals surface area contributed by atoms with Crippen molar-refractivity contribution in [3.63, 3.8) is 0 Å². The molecule has 120 valence electrons. The van der Waals surface area contributed by atoms with E-state index in [1.807, 2.05) is 0 Å². The second-order valence-corrected chi connectivity index (χ2v) is 5.08. The van der Waals surface area contributed by atoms with Gasteiger partial charge in [-0.2, -0.15) is 0 Å². The summed E-state index contributed by atoms with van der Waals surface area (Å²) < 4.78 is 18.2. The van der Waals surface area contributed by atoms with Gasteiger partial charge in [-0.1, -0.05) is 11.6 Å². The van der Waals surface area contributed by atoms with Gasteiger partial charge in [-0.15, -0.1) is 0 Å². The third-order valence-corrected chi connectivity index (χ3v) is 3.26. The summed E-state index contributed by atoms with van der Waals surface area (Å²) in [7, 11) is 1.45. The molecule has 2 aromatic rings. The van der Waals surface area contributed by atoms with Gasteiger partial charge in [0.1, 0.15) is 11.6 Å². The van der Waals surface area contributed by atoms with Gasteiger partial charge >= 0.3 is 0 Å². The molecule has 0 spiro atoms. The molecule has 0 radical (unpaired) electrons. The first-order chi connectivity index (χ1) is 10.9. The molecule has 0 aromatic heterocycles. The van der Waals surface area contributed by atoms with Crippen molar-refractivity contribution in [2.45, 2.75) is 6.92 Å². The maximum absolute atomic E-state index is 13.1. The number of carbonyl (C=O) groups excluding carboxylic acids is 2. The molecule has 0 bridgehead atoms. The fraction of sp³-hybridized carbons (Fsp3) is 0.125. The minimum Gasteiger partial charge on any atom is -0.495 e. The lowest BCUT2D eigenvalue weighted by atomic mass is 10.2. The van der Waals surface area contributed by atoms with E-state index in [1.165, 1.54) is 20.1 Å². The Morgan fingerprint density at radius 3 is 2.48 bits per heavy atom. The summed E-state index contributed by atoms with van der Waals surface area (Å²) in [4.78, 5) is 23.4. The van der Waals surface area contributed by atoms with E-state index in [9.17, 15) is 14.0 Å². The zero-order valence-corrected chi connectivity index (χ0v) is 13.2. The number of halogens is 2. The summed E-state index contributed by atoms with van der Waals surface area (Å²) in [6, 6.07) is 8.29. The minimum absolute atomic E-state index is 0.000479. The van der Waals surface area contributed by atoms with Crippen LogP contribution in [-0.4, -0.2) is 18.9 Å². The number of hydrogen-bond acceptors (Lipinski definition) is 3. The average Bonchev–Trinajstić information content (AvgIpc) is 2.46. The van der Waals surface area contributed by atoms with Gasteiger partial charge in [0.2, 0.25) is 5.91 Å². The molecule has 0 aliphatic carbocycles. The predicted molar refractivity (Wildman–Crippen MR) is 86.7 cm³/mol. The van der Waals surface area contributed by atoms with Crippen molar-refractivity contribution < 1.29 is 18.7 Å². The van der Waals surface area contributed by atoms with Crippen molar-refractivity contribution in [3.8, 4) is 5.75 Å². The molecule has 0 heterocycles. The van der Waals surface area contributed by atoms with Crippen LogP contribution >= 0.6 is 11.6 Å². The number of carbonyl (C=O) groups is 2. The van der Waals surface area contributed by atoms with Crippen molar-refractivity contribution in [1.29, 1.82) is 0 Å². The second kappa shape index (κ2) is 7.11. The van der Waals surface area contributed by atoms with Crippen LogP contribution in [0.4, 0.5) is 15.8 Å². The molecule has 0 fully saturated rings. The number of nitrogens with one attached hydrogen (secondary N) is 2. The standard InChI is InChI=1S/C16H14ClFN2O3/c1-9(21)19-11-4-6-15(23-2)14(8-11)20-16(22)12-5-3-10(18)7-13(12)17/h3-8H,1-2H3,(H,19,21)(H,20,22). The molecule has 0 atom stereocenters. The Bertz CT molecular complexity index is 765. The fourth-order valence-electron chi connectivity index (χ4n) is 1.95. The van der Waals surface area contributed by atoms with Crippen molar-refractivity contribution in [1.82, 2.24) is 0 Å². The van der Waals surface area contributed by atoms with E-state index in [0.717, 1.165) is 12.1 Å². The van der Waals surface area contributed by atoms with E-state index in [-0.39, 0.29) is 16.5 Å². The number of amides is 2. The highest BCUT2D eigenvalue weighted by Gasteiger charge is 2.14. The monoisotopic (exact) mass is 336 g/mol. The lowest BCUT2D eigenvalue weighted by Crippen LogP contribution is -2.14. The third kappa shape index (κ3) is 4.20. The number of anilines is 2. The van der Waals surface area contributed by atoms with Gasteiger partial charge in [0.05, 0.1) is 23.4 Å². The van der Waals surface area contributed by atoms with Gasteiger partial charge < -0.3 is 15.4 Å². The van der Waals surface area contributed by atoms with Crippen LogP contribution in [0.3, 0.4) is 0 Å². The van der Waals surface area contributed by atoms with Gasteiger partial charge in [-0.25, -0.2) is 4.39 Å². The van der Waals surface area contributed by atoms with Crippen molar-refractivity contribution >= 4 is 34.8 Å². The number of methoxy groups -OCH3 is 1. The van der Waals surface area contributed by atoms with Crippen molar-refractivity contribution in [3.05, 3.63) is 52.8 Å². The number of hydrogen-bond donors (Lipinski definition) is 2. The molecule has 0 saturated carbocycles.